The number of carbonyl (C=O) groups excluding carboxylic acids is 1. The van der Waals surface area contributed by atoms with Gasteiger partial charge in [-0.1, -0.05) is 0 Å². The molecule has 1 N–H and O–H groups in total. The predicted octanol–water partition coefficient (Wildman–Crippen LogP) is 5.27. The average molecular weight is 514 g/mol. The molecular formula is C19H15BrF3N5O4. The van der Waals surface area contributed by atoms with Crippen molar-refractivity contribution in [3.63, 3.8) is 0 Å². The average Bonchev–Trinajstić information content (AvgIpc) is 3.03. The standard InChI is InChI=1S/C19H15BrF3N5O4/c1-10-16(20)17(19(21,22)23)26-27(10)11(2)18(29)25-12-6-13(28(30)31)8-15(7-12)32-14-4-3-5-24-9-14/h3-9,11H,1-2H3,(H,25,29). The lowest BCUT2D eigenvalue weighted by Gasteiger charge is -2.15. The SMILES string of the molecule is Cc1c(Br)c(C(F)(F)F)nn1C(C)C(=O)Nc1cc(Oc2cccnc2)cc([N+](=O)[O-])c1. The minimum absolute atomic E-state index is 0.0230. The second-order valence-corrected chi connectivity index (χ2v) is 7.41. The van der Waals surface area contributed by atoms with Crippen molar-refractivity contribution in [2.45, 2.75) is 26.1 Å². The minimum Gasteiger partial charge on any atom is -0.455 e. The maximum Gasteiger partial charge on any atom is 0.436 e. The fourth-order valence-corrected chi connectivity index (χ4v) is 3.26. The quantitative estimate of drug-likeness (QED) is 0.355. The number of ether oxygens (including phenoxy) is 1. The number of nitrogens with zero attached hydrogens (tertiary/aromatic N) is 4. The second-order valence-electron chi connectivity index (χ2n) is 6.62. The molecule has 0 saturated carbocycles. The van der Waals surface area contributed by atoms with E-state index in [9.17, 15) is 28.1 Å². The van der Waals surface area contributed by atoms with Crippen LogP contribution in [0.3, 0.4) is 0 Å². The van der Waals surface area contributed by atoms with Gasteiger partial charge in [0.25, 0.3) is 5.69 Å². The lowest BCUT2D eigenvalue weighted by atomic mass is 10.2. The summed E-state index contributed by atoms with van der Waals surface area (Å²) in [6, 6.07) is 5.66. The molecule has 0 saturated heterocycles. The van der Waals surface area contributed by atoms with Crippen molar-refractivity contribution in [1.82, 2.24) is 14.8 Å². The van der Waals surface area contributed by atoms with Crippen LogP contribution in [0.1, 0.15) is 24.4 Å². The highest BCUT2D eigenvalue weighted by Gasteiger charge is 2.39. The van der Waals surface area contributed by atoms with Crippen molar-refractivity contribution in [1.29, 1.82) is 0 Å². The number of anilines is 1. The van der Waals surface area contributed by atoms with Gasteiger partial charge in [0.2, 0.25) is 5.91 Å². The number of aromatic nitrogens is 3. The minimum atomic E-state index is -4.70. The summed E-state index contributed by atoms with van der Waals surface area (Å²) in [7, 11) is 0. The van der Waals surface area contributed by atoms with Crippen LogP contribution in [0.25, 0.3) is 0 Å². The molecule has 0 radical (unpaired) electrons. The van der Waals surface area contributed by atoms with E-state index in [-0.39, 0.29) is 27.3 Å². The Kier molecular flexibility index (Phi) is 6.48. The number of nitro groups is 1. The number of rotatable bonds is 6. The molecule has 0 aliphatic carbocycles. The number of non-ortho nitro benzene ring substituents is 1. The van der Waals surface area contributed by atoms with E-state index in [2.05, 4.69) is 31.3 Å². The predicted molar refractivity (Wildman–Crippen MR) is 110 cm³/mol. The van der Waals surface area contributed by atoms with E-state index in [0.717, 1.165) is 16.8 Å². The summed E-state index contributed by atoms with van der Waals surface area (Å²) in [5.74, 6) is -0.354. The summed E-state index contributed by atoms with van der Waals surface area (Å²) < 4.78 is 45.5. The normalized spacial score (nSPS) is 12.3. The number of carbonyl (C=O) groups is 1. The van der Waals surface area contributed by atoms with Crippen LogP contribution >= 0.6 is 15.9 Å². The van der Waals surface area contributed by atoms with Crippen molar-refractivity contribution < 1.29 is 27.6 Å². The van der Waals surface area contributed by atoms with Crippen molar-refractivity contribution in [3.8, 4) is 11.5 Å². The third-order valence-electron chi connectivity index (χ3n) is 4.33. The molecule has 168 valence electrons. The maximum absolute atomic E-state index is 13.1. The molecule has 3 aromatic rings. The zero-order valence-corrected chi connectivity index (χ0v) is 18.1. The highest BCUT2D eigenvalue weighted by atomic mass is 79.9. The molecule has 0 fully saturated rings. The lowest BCUT2D eigenvalue weighted by molar-refractivity contribution is -0.384. The van der Waals surface area contributed by atoms with Gasteiger partial charge < -0.3 is 10.1 Å². The number of amides is 1. The molecule has 1 unspecified atom stereocenters. The lowest BCUT2D eigenvalue weighted by Crippen LogP contribution is -2.25. The third kappa shape index (κ3) is 5.04. The van der Waals surface area contributed by atoms with E-state index in [1.165, 1.54) is 32.3 Å². The number of benzene rings is 1. The molecule has 0 aliphatic heterocycles. The highest BCUT2D eigenvalue weighted by molar-refractivity contribution is 9.10. The van der Waals surface area contributed by atoms with Crippen molar-refractivity contribution in [2.75, 3.05) is 5.32 Å². The zero-order chi connectivity index (χ0) is 23.6. The highest BCUT2D eigenvalue weighted by Crippen LogP contribution is 2.36. The number of alkyl halides is 3. The van der Waals surface area contributed by atoms with Crippen LogP contribution < -0.4 is 10.1 Å². The Morgan fingerprint density at radius 3 is 2.59 bits per heavy atom. The molecular weight excluding hydrogens is 499 g/mol. The first-order valence-electron chi connectivity index (χ1n) is 8.97. The fraction of sp³-hybridized carbons (Fsp3) is 0.211. The van der Waals surface area contributed by atoms with Gasteiger partial charge in [0.05, 0.1) is 33.0 Å². The Labute approximate surface area is 187 Å². The summed E-state index contributed by atoms with van der Waals surface area (Å²) in [5.41, 5.74) is -1.39. The third-order valence-corrected chi connectivity index (χ3v) is 5.28. The molecule has 0 spiro atoms. The van der Waals surface area contributed by atoms with Gasteiger partial charge in [-0.25, -0.2) is 0 Å². The summed E-state index contributed by atoms with van der Waals surface area (Å²) in [6.45, 7) is 2.73. The van der Waals surface area contributed by atoms with Gasteiger partial charge in [-0.05, 0) is 41.9 Å². The van der Waals surface area contributed by atoms with Crippen molar-refractivity contribution in [2.24, 2.45) is 0 Å². The summed E-state index contributed by atoms with van der Waals surface area (Å²) in [5, 5.41) is 17.2. The monoisotopic (exact) mass is 513 g/mol. The van der Waals surface area contributed by atoms with Gasteiger partial charge in [-0.15, -0.1) is 0 Å². The molecule has 2 heterocycles. The molecule has 9 nitrogen and oxygen atoms in total. The van der Waals surface area contributed by atoms with Crippen LogP contribution in [-0.4, -0.2) is 25.6 Å². The molecule has 13 heteroatoms. The van der Waals surface area contributed by atoms with E-state index in [4.69, 9.17) is 4.74 Å². The smallest absolute Gasteiger partial charge is 0.436 e. The van der Waals surface area contributed by atoms with E-state index < -0.39 is 28.7 Å². The first-order chi connectivity index (χ1) is 15.0. The maximum atomic E-state index is 13.1. The Hall–Kier alpha value is -3.48. The fourth-order valence-electron chi connectivity index (χ4n) is 2.78. The molecule has 1 amide bonds. The molecule has 0 bridgehead atoms. The number of halogens is 4. The summed E-state index contributed by atoms with van der Waals surface area (Å²) >= 11 is 2.86. The van der Waals surface area contributed by atoms with E-state index in [1.54, 1.807) is 12.1 Å². The molecule has 1 aromatic carbocycles. The second kappa shape index (κ2) is 8.94. The number of nitrogens with one attached hydrogen (secondary N) is 1. The summed E-state index contributed by atoms with van der Waals surface area (Å²) in [4.78, 5) is 27.2. The van der Waals surface area contributed by atoms with Gasteiger partial charge in [-0.3, -0.25) is 24.6 Å². The molecule has 1 atom stereocenters. The molecule has 32 heavy (non-hydrogen) atoms. The van der Waals surface area contributed by atoms with Crippen LogP contribution in [-0.2, 0) is 11.0 Å². The van der Waals surface area contributed by atoms with Crippen molar-refractivity contribution >= 4 is 33.2 Å². The van der Waals surface area contributed by atoms with Crippen LogP contribution in [0.5, 0.6) is 11.5 Å². The van der Waals surface area contributed by atoms with Crippen LogP contribution in [0.2, 0.25) is 0 Å². The number of pyridine rings is 1. The molecule has 3 rings (SSSR count). The van der Waals surface area contributed by atoms with Gasteiger partial charge in [-0.2, -0.15) is 18.3 Å². The number of hydrogen-bond donors (Lipinski definition) is 1. The van der Waals surface area contributed by atoms with Crippen LogP contribution in [0.15, 0.2) is 47.2 Å². The Balaban J connectivity index is 1.88. The first-order valence-corrected chi connectivity index (χ1v) is 9.76. The largest absolute Gasteiger partial charge is 0.455 e. The first kappa shape index (κ1) is 23.2. The number of nitro benzene ring substituents is 1. The Morgan fingerprint density at radius 2 is 2.03 bits per heavy atom. The van der Waals surface area contributed by atoms with E-state index >= 15 is 0 Å². The molecule has 0 aliphatic rings. The van der Waals surface area contributed by atoms with Gasteiger partial charge >= 0.3 is 6.18 Å². The Bertz CT molecular complexity index is 1170. The number of hydrogen-bond acceptors (Lipinski definition) is 6. The van der Waals surface area contributed by atoms with Crippen LogP contribution in [0.4, 0.5) is 24.5 Å². The van der Waals surface area contributed by atoms with Gasteiger partial charge in [0.1, 0.15) is 17.5 Å². The van der Waals surface area contributed by atoms with Crippen molar-refractivity contribution in [3.05, 3.63) is 68.7 Å². The Morgan fingerprint density at radius 1 is 1.31 bits per heavy atom. The topological polar surface area (TPSA) is 112 Å². The summed E-state index contributed by atoms with van der Waals surface area (Å²) in [6.07, 6.45) is -1.79. The van der Waals surface area contributed by atoms with Gasteiger partial charge in [0.15, 0.2) is 5.69 Å². The zero-order valence-electron chi connectivity index (χ0n) is 16.6. The van der Waals surface area contributed by atoms with E-state index in [0.29, 0.717) is 5.75 Å². The molecule has 2 aromatic heterocycles. The van der Waals surface area contributed by atoms with Gasteiger partial charge in [0, 0.05) is 18.3 Å². The van der Waals surface area contributed by atoms with E-state index in [1.807, 2.05) is 0 Å². The van der Waals surface area contributed by atoms with Crippen LogP contribution in [0, 0.1) is 17.0 Å².